The highest BCUT2D eigenvalue weighted by Gasteiger charge is 2.45. The quantitative estimate of drug-likeness (QED) is 0.138. The minimum absolute atomic E-state index is 0.0758. The summed E-state index contributed by atoms with van der Waals surface area (Å²) >= 11 is 6.41. The predicted octanol–water partition coefficient (Wildman–Crippen LogP) is 0.878. The van der Waals surface area contributed by atoms with E-state index in [-0.39, 0.29) is 24.9 Å². The largest absolute Gasteiger partial charge is 0.465 e. The second kappa shape index (κ2) is 13.3. The number of rotatable bonds is 7. The number of carbonyl (C=O) groups is 3. The Balaban J connectivity index is 1.71. The average molecular weight is 562 g/mol. The Labute approximate surface area is 225 Å². The normalized spacial score (nSPS) is 33.9. The van der Waals surface area contributed by atoms with Crippen LogP contribution in [0.1, 0.15) is 45.4 Å². The average Bonchev–Trinajstić information content (AvgIpc) is 3.24. The fourth-order valence-electron chi connectivity index (χ4n) is 5.46. The third-order valence-electron chi connectivity index (χ3n) is 7.57. The van der Waals surface area contributed by atoms with Crippen LogP contribution in [0.15, 0.2) is 23.8 Å². The monoisotopic (exact) mass is 561 g/mol. The van der Waals surface area contributed by atoms with Gasteiger partial charge in [-0.3, -0.25) is 14.5 Å². The Morgan fingerprint density at radius 2 is 1.86 bits per heavy atom. The molecular formula is C25H40ClN3O7S. The van der Waals surface area contributed by atoms with Crippen molar-refractivity contribution in [2.45, 2.75) is 92.5 Å². The van der Waals surface area contributed by atoms with Crippen molar-refractivity contribution in [3.8, 4) is 0 Å². The fraction of sp³-hybridized carbons (Fsp3) is 0.720. The number of halogens is 1. The van der Waals surface area contributed by atoms with Crippen molar-refractivity contribution in [1.82, 2.24) is 15.5 Å². The number of nitrogens with zero attached hydrogens (tertiary/aromatic N) is 1. The molecule has 3 aliphatic rings. The van der Waals surface area contributed by atoms with Crippen molar-refractivity contribution in [3.05, 3.63) is 23.8 Å². The number of allylic oxidation sites excluding steroid dienone is 1. The lowest BCUT2D eigenvalue weighted by molar-refractivity contribution is -0.127. The summed E-state index contributed by atoms with van der Waals surface area (Å²) in [6.45, 7) is 1.74. The predicted molar refractivity (Wildman–Crippen MR) is 144 cm³/mol. The summed E-state index contributed by atoms with van der Waals surface area (Å²) in [6, 6.07) is -1.55. The molecule has 8 atom stereocenters. The zero-order valence-corrected chi connectivity index (χ0v) is 22.9. The smallest absolute Gasteiger partial charge is 0.408 e. The minimum Gasteiger partial charge on any atom is -0.465 e. The summed E-state index contributed by atoms with van der Waals surface area (Å²) in [6.07, 6.45) is 6.50. The van der Waals surface area contributed by atoms with Crippen molar-refractivity contribution in [3.63, 3.8) is 0 Å². The molecule has 0 aromatic carbocycles. The van der Waals surface area contributed by atoms with Crippen molar-refractivity contribution in [1.29, 1.82) is 0 Å². The summed E-state index contributed by atoms with van der Waals surface area (Å²) in [5, 5.41) is 45.4. The van der Waals surface area contributed by atoms with Crippen molar-refractivity contribution < 1.29 is 34.8 Å². The summed E-state index contributed by atoms with van der Waals surface area (Å²) in [4.78, 5) is 38.7. The maximum Gasteiger partial charge on any atom is 0.408 e. The van der Waals surface area contributed by atoms with Crippen molar-refractivity contribution >= 4 is 40.4 Å². The van der Waals surface area contributed by atoms with Gasteiger partial charge < -0.3 is 31.1 Å². The molecule has 1 unspecified atom stereocenters. The Morgan fingerprint density at radius 3 is 2.49 bits per heavy atom. The minimum atomic E-state index is -1.35. The number of thiol groups is 1. The fourth-order valence-corrected chi connectivity index (χ4v) is 8.41. The first-order chi connectivity index (χ1) is 17.5. The van der Waals surface area contributed by atoms with Crippen molar-refractivity contribution in [2.75, 3.05) is 18.6 Å². The highest BCUT2D eigenvalue weighted by molar-refractivity contribution is 8.17. The summed E-state index contributed by atoms with van der Waals surface area (Å²) in [5.74, 6) is -0.433. The van der Waals surface area contributed by atoms with Crippen LogP contribution in [0, 0.1) is 0 Å². The first-order valence-electron chi connectivity index (χ1n) is 12.9. The van der Waals surface area contributed by atoms with Gasteiger partial charge in [-0.05, 0) is 44.4 Å². The molecule has 3 amide bonds. The first kappa shape index (κ1) is 29.8. The SMILES string of the molecule is C[C@H](Cl)[C@@H](NC(=O)[C@@H]1CC=C(/C=C/C(=O)NC2CCCC2)CCN1C(=O)O)[C@@H]1[C@H](O)[C@@H](O)[C@@H](O)C[SH]1C. The highest BCUT2D eigenvalue weighted by Crippen LogP contribution is 2.40. The van der Waals surface area contributed by atoms with Crippen LogP contribution < -0.4 is 10.6 Å². The molecule has 1 saturated heterocycles. The van der Waals surface area contributed by atoms with Gasteiger partial charge in [0.2, 0.25) is 11.8 Å². The van der Waals surface area contributed by atoms with Gasteiger partial charge in [-0.25, -0.2) is 15.7 Å². The van der Waals surface area contributed by atoms with Crippen LogP contribution in [0.25, 0.3) is 0 Å². The number of carboxylic acid groups (broad SMARTS) is 1. The molecule has 1 saturated carbocycles. The van der Waals surface area contributed by atoms with E-state index in [4.69, 9.17) is 11.6 Å². The van der Waals surface area contributed by atoms with Crippen molar-refractivity contribution in [2.24, 2.45) is 0 Å². The van der Waals surface area contributed by atoms with Gasteiger partial charge >= 0.3 is 6.09 Å². The van der Waals surface area contributed by atoms with Crippen LogP contribution >= 0.6 is 22.5 Å². The molecule has 0 bridgehead atoms. The first-order valence-corrected chi connectivity index (χ1v) is 15.3. The number of hydrogen-bond acceptors (Lipinski definition) is 6. The van der Waals surface area contributed by atoms with Crippen LogP contribution in [0.5, 0.6) is 0 Å². The van der Waals surface area contributed by atoms with Crippen LogP contribution in [-0.4, -0.2) is 109 Å². The summed E-state index contributed by atoms with van der Waals surface area (Å²) in [7, 11) is -0.981. The molecule has 12 heteroatoms. The van der Waals surface area contributed by atoms with Gasteiger partial charge in [0.15, 0.2) is 0 Å². The molecule has 210 valence electrons. The lowest BCUT2D eigenvalue weighted by atomic mass is 9.97. The molecule has 0 aromatic rings. The molecule has 0 spiro atoms. The molecule has 0 aromatic heterocycles. The molecule has 6 N–H and O–H groups in total. The van der Waals surface area contributed by atoms with Gasteiger partial charge in [0, 0.05) is 29.7 Å². The van der Waals surface area contributed by atoms with E-state index in [1.54, 1.807) is 19.1 Å². The maximum atomic E-state index is 13.4. The van der Waals surface area contributed by atoms with E-state index in [0.29, 0.717) is 12.2 Å². The van der Waals surface area contributed by atoms with E-state index in [0.717, 1.165) is 36.2 Å². The number of alkyl halides is 1. The van der Waals surface area contributed by atoms with Gasteiger partial charge in [0.25, 0.3) is 0 Å². The molecule has 3 rings (SSSR count). The number of hydrogen-bond donors (Lipinski definition) is 7. The van der Waals surface area contributed by atoms with E-state index in [1.165, 1.54) is 6.08 Å². The lowest BCUT2D eigenvalue weighted by Gasteiger charge is -2.46. The zero-order valence-electron chi connectivity index (χ0n) is 21.3. The van der Waals surface area contributed by atoms with E-state index in [1.807, 2.05) is 6.26 Å². The summed E-state index contributed by atoms with van der Waals surface area (Å²) in [5.41, 5.74) is 0.766. The number of amides is 3. The molecule has 2 fully saturated rings. The van der Waals surface area contributed by atoms with Crippen LogP contribution in [0.4, 0.5) is 4.79 Å². The van der Waals surface area contributed by atoms with E-state index in [2.05, 4.69) is 10.6 Å². The third kappa shape index (κ3) is 7.63. The molecule has 10 nitrogen and oxygen atoms in total. The third-order valence-corrected chi connectivity index (χ3v) is 10.4. The number of nitrogens with one attached hydrogen (secondary N) is 2. The van der Waals surface area contributed by atoms with Crippen LogP contribution in [0.3, 0.4) is 0 Å². The Bertz CT molecular complexity index is 896. The number of aliphatic hydroxyl groups is 3. The van der Waals surface area contributed by atoms with Gasteiger partial charge in [-0.1, -0.05) is 25.0 Å². The molecule has 37 heavy (non-hydrogen) atoms. The van der Waals surface area contributed by atoms with Gasteiger partial charge in [-0.15, -0.1) is 11.6 Å². The van der Waals surface area contributed by atoms with Gasteiger partial charge in [0.05, 0.1) is 23.6 Å². The standard InChI is InChI=1S/C25H40ClN3O7S/c1-14(26)20(23-22(33)21(32)18(30)13-37(23)2)28-24(34)17-9-7-15(11-12-29(17)25(35)36)8-10-19(31)27-16-5-3-4-6-16/h7-8,10,14,16-18,20-23,30,32-33,37H,3-6,9,11-13H2,1-2H3,(H,27,31)(H,28,34)(H,35,36)/b10-8+/t14-,17-,18-,20+,21-,22+,23+/m0/s1. The molecule has 0 radical (unpaired) electrons. The molecule has 1 aliphatic carbocycles. The Hall–Kier alpha value is -1.79. The van der Waals surface area contributed by atoms with E-state index < -0.39 is 63.9 Å². The van der Waals surface area contributed by atoms with Gasteiger partial charge in [-0.2, -0.15) is 0 Å². The molecule has 2 heterocycles. The lowest BCUT2D eigenvalue weighted by Crippen LogP contribution is -2.62. The Kier molecular flexibility index (Phi) is 10.7. The second-order valence-corrected chi connectivity index (χ2v) is 13.4. The highest BCUT2D eigenvalue weighted by atomic mass is 35.5. The molecule has 2 aliphatic heterocycles. The van der Waals surface area contributed by atoms with E-state index >= 15 is 0 Å². The molecular weight excluding hydrogens is 522 g/mol. The summed E-state index contributed by atoms with van der Waals surface area (Å²) < 4.78 is 0. The zero-order chi connectivity index (χ0) is 27.3. The number of aliphatic hydroxyl groups excluding tert-OH is 3. The van der Waals surface area contributed by atoms with Crippen LogP contribution in [0.2, 0.25) is 0 Å². The maximum absolute atomic E-state index is 13.4. The Morgan fingerprint density at radius 1 is 1.19 bits per heavy atom. The topological polar surface area (TPSA) is 159 Å². The van der Waals surface area contributed by atoms with Crippen LogP contribution in [-0.2, 0) is 9.59 Å². The second-order valence-electron chi connectivity index (χ2n) is 10.3. The van der Waals surface area contributed by atoms with E-state index in [9.17, 15) is 34.8 Å². The number of carbonyl (C=O) groups excluding carboxylic acids is 2. The van der Waals surface area contributed by atoms with Gasteiger partial charge in [0.1, 0.15) is 12.1 Å².